The maximum Gasteiger partial charge on any atom is 0.343 e. The molecule has 0 aliphatic heterocycles. The Morgan fingerprint density at radius 1 is 1.09 bits per heavy atom. The van der Waals surface area contributed by atoms with E-state index < -0.39 is 11.9 Å². The number of para-hydroxylation sites is 1. The Kier molecular flexibility index (Phi) is 7.10. The largest absolute Gasteiger partial charge is 0.493 e. The first-order valence-electron chi connectivity index (χ1n) is 11.5. The second-order valence-corrected chi connectivity index (χ2v) is 8.54. The molecule has 1 N–H and O–H groups in total. The van der Waals surface area contributed by atoms with E-state index in [0.29, 0.717) is 29.7 Å². The summed E-state index contributed by atoms with van der Waals surface area (Å²) in [6, 6.07) is 16.5. The number of nitrogens with zero attached hydrogens (tertiary/aromatic N) is 3. The molecule has 0 unspecified atom stereocenters. The zero-order valence-corrected chi connectivity index (χ0v) is 20.2. The van der Waals surface area contributed by atoms with Gasteiger partial charge < -0.3 is 14.8 Å². The molecule has 0 aliphatic rings. The Morgan fingerprint density at radius 2 is 1.83 bits per heavy atom. The molecular weight excluding hydrogens is 444 g/mol. The molecule has 4 aromatic rings. The minimum absolute atomic E-state index is 0.143. The van der Waals surface area contributed by atoms with E-state index in [1.165, 1.54) is 10.9 Å². The third-order valence-electron chi connectivity index (χ3n) is 5.32. The molecular formula is C27H28N4O4. The lowest BCUT2D eigenvalue weighted by molar-refractivity contribution is 0.0527. The van der Waals surface area contributed by atoms with Crippen molar-refractivity contribution >= 4 is 28.6 Å². The van der Waals surface area contributed by atoms with Crippen LogP contribution in [-0.2, 0) is 4.74 Å². The summed E-state index contributed by atoms with van der Waals surface area (Å²) < 4.78 is 12.3. The maximum atomic E-state index is 13.1. The topological polar surface area (TPSA) is 95.3 Å². The van der Waals surface area contributed by atoms with E-state index in [1.807, 2.05) is 37.3 Å². The number of ether oxygens (including phenoxy) is 2. The zero-order chi connectivity index (χ0) is 24.9. The van der Waals surface area contributed by atoms with Crippen molar-refractivity contribution in [3.05, 3.63) is 77.5 Å². The third kappa shape index (κ3) is 5.32. The van der Waals surface area contributed by atoms with Crippen LogP contribution in [0.5, 0.6) is 5.75 Å². The van der Waals surface area contributed by atoms with E-state index >= 15 is 0 Å². The fourth-order valence-electron chi connectivity index (χ4n) is 3.59. The van der Waals surface area contributed by atoms with Crippen LogP contribution in [0.2, 0.25) is 0 Å². The van der Waals surface area contributed by atoms with Crippen molar-refractivity contribution in [2.24, 2.45) is 5.92 Å². The number of carbonyl (C=O) groups is 2. The van der Waals surface area contributed by atoms with Gasteiger partial charge in [0.2, 0.25) is 0 Å². The fourth-order valence-corrected chi connectivity index (χ4v) is 3.59. The molecule has 2 heterocycles. The van der Waals surface area contributed by atoms with E-state index in [0.717, 1.165) is 16.5 Å². The van der Waals surface area contributed by atoms with Gasteiger partial charge >= 0.3 is 5.97 Å². The number of benzene rings is 2. The van der Waals surface area contributed by atoms with Crippen LogP contribution in [0, 0.1) is 12.8 Å². The standard InChI is InChI=1S/C27H28N4O4/c1-5-34-27(33)22-15-28-31(24-14-18(4)21-8-6-7-9-23(21)29-24)25(22)30-26(32)19-10-12-20(13-11-19)35-16-17(2)3/h6-15,17H,5,16H2,1-4H3,(H,30,32). The van der Waals surface area contributed by atoms with Crippen molar-refractivity contribution in [2.75, 3.05) is 18.5 Å². The molecule has 8 heteroatoms. The highest BCUT2D eigenvalue weighted by Crippen LogP contribution is 2.25. The van der Waals surface area contributed by atoms with Crippen molar-refractivity contribution < 1.29 is 19.1 Å². The van der Waals surface area contributed by atoms with Crippen LogP contribution in [0.25, 0.3) is 16.7 Å². The molecule has 2 aromatic heterocycles. The number of aromatic nitrogens is 3. The number of amides is 1. The van der Waals surface area contributed by atoms with Crippen molar-refractivity contribution in [2.45, 2.75) is 27.7 Å². The molecule has 0 radical (unpaired) electrons. The zero-order valence-electron chi connectivity index (χ0n) is 20.2. The van der Waals surface area contributed by atoms with Gasteiger partial charge in [0, 0.05) is 10.9 Å². The highest BCUT2D eigenvalue weighted by atomic mass is 16.5. The monoisotopic (exact) mass is 472 g/mol. The van der Waals surface area contributed by atoms with E-state index in [4.69, 9.17) is 14.5 Å². The number of rotatable bonds is 8. The smallest absolute Gasteiger partial charge is 0.343 e. The quantitative estimate of drug-likeness (QED) is 0.355. The average molecular weight is 473 g/mol. The summed E-state index contributed by atoms with van der Waals surface area (Å²) in [4.78, 5) is 30.4. The van der Waals surface area contributed by atoms with Gasteiger partial charge in [0.1, 0.15) is 11.3 Å². The van der Waals surface area contributed by atoms with Crippen molar-refractivity contribution in [3.8, 4) is 11.6 Å². The Hall–Kier alpha value is -4.20. The van der Waals surface area contributed by atoms with E-state index in [9.17, 15) is 9.59 Å². The fraction of sp³-hybridized carbons (Fsp3) is 0.259. The molecule has 35 heavy (non-hydrogen) atoms. The van der Waals surface area contributed by atoms with Crippen molar-refractivity contribution in [1.82, 2.24) is 14.8 Å². The average Bonchev–Trinajstić information content (AvgIpc) is 3.26. The molecule has 0 atom stereocenters. The molecule has 4 rings (SSSR count). The summed E-state index contributed by atoms with van der Waals surface area (Å²) in [6.45, 7) is 8.62. The van der Waals surface area contributed by atoms with Crippen molar-refractivity contribution in [3.63, 3.8) is 0 Å². The molecule has 180 valence electrons. The summed E-state index contributed by atoms with van der Waals surface area (Å²) in [6.07, 6.45) is 1.38. The van der Waals surface area contributed by atoms with Crippen LogP contribution < -0.4 is 10.1 Å². The number of esters is 1. The lowest BCUT2D eigenvalue weighted by Gasteiger charge is -2.13. The predicted octanol–water partition coefficient (Wildman–Crippen LogP) is 5.19. The highest BCUT2D eigenvalue weighted by Gasteiger charge is 2.23. The van der Waals surface area contributed by atoms with Gasteiger partial charge in [-0.3, -0.25) is 4.79 Å². The van der Waals surface area contributed by atoms with Crippen LogP contribution in [-0.4, -0.2) is 39.9 Å². The van der Waals surface area contributed by atoms with Gasteiger partial charge in [0.05, 0.1) is 24.9 Å². The minimum atomic E-state index is -0.580. The van der Waals surface area contributed by atoms with Crippen LogP contribution in [0.1, 0.15) is 47.1 Å². The number of carbonyl (C=O) groups excluding carboxylic acids is 2. The molecule has 0 spiro atoms. The molecule has 2 aromatic carbocycles. The van der Waals surface area contributed by atoms with Crippen LogP contribution in [0.4, 0.5) is 5.82 Å². The van der Waals surface area contributed by atoms with Gasteiger partial charge in [-0.2, -0.15) is 9.78 Å². The number of pyridine rings is 1. The van der Waals surface area contributed by atoms with E-state index in [-0.39, 0.29) is 18.0 Å². The molecule has 0 aliphatic carbocycles. The minimum Gasteiger partial charge on any atom is -0.493 e. The second kappa shape index (κ2) is 10.4. The third-order valence-corrected chi connectivity index (χ3v) is 5.32. The molecule has 0 fully saturated rings. The number of fused-ring (bicyclic) bond motifs is 1. The van der Waals surface area contributed by atoms with E-state index in [1.54, 1.807) is 31.2 Å². The Balaban J connectivity index is 1.69. The number of nitrogens with one attached hydrogen (secondary N) is 1. The summed E-state index contributed by atoms with van der Waals surface area (Å²) in [5, 5.41) is 8.20. The highest BCUT2D eigenvalue weighted by molar-refractivity contribution is 6.07. The Bertz CT molecular complexity index is 1360. The normalized spacial score (nSPS) is 11.0. The van der Waals surface area contributed by atoms with Gasteiger partial charge in [0.25, 0.3) is 5.91 Å². The van der Waals surface area contributed by atoms with Crippen LogP contribution in [0.3, 0.4) is 0 Å². The predicted molar refractivity (Wildman–Crippen MR) is 134 cm³/mol. The van der Waals surface area contributed by atoms with Gasteiger partial charge in [-0.15, -0.1) is 0 Å². The second-order valence-electron chi connectivity index (χ2n) is 8.54. The van der Waals surface area contributed by atoms with Gasteiger partial charge in [0.15, 0.2) is 11.6 Å². The summed E-state index contributed by atoms with van der Waals surface area (Å²) in [5.41, 5.74) is 2.33. The summed E-state index contributed by atoms with van der Waals surface area (Å²) >= 11 is 0. The van der Waals surface area contributed by atoms with Crippen molar-refractivity contribution in [1.29, 1.82) is 0 Å². The first kappa shape index (κ1) is 23.9. The lowest BCUT2D eigenvalue weighted by Crippen LogP contribution is -2.18. The first-order valence-corrected chi connectivity index (χ1v) is 11.5. The van der Waals surface area contributed by atoms with Gasteiger partial charge in [-0.05, 0) is 61.7 Å². The number of hydrogen-bond donors (Lipinski definition) is 1. The molecule has 0 saturated heterocycles. The summed E-state index contributed by atoms with van der Waals surface area (Å²) in [5.74, 6) is 0.768. The Labute approximate surface area is 203 Å². The molecule has 1 amide bonds. The van der Waals surface area contributed by atoms with Crippen LogP contribution >= 0.6 is 0 Å². The number of anilines is 1. The first-order chi connectivity index (χ1) is 16.9. The van der Waals surface area contributed by atoms with Crippen LogP contribution in [0.15, 0.2) is 60.8 Å². The van der Waals surface area contributed by atoms with Gasteiger partial charge in [-0.1, -0.05) is 32.0 Å². The number of hydrogen-bond acceptors (Lipinski definition) is 6. The molecule has 0 bridgehead atoms. The maximum absolute atomic E-state index is 13.1. The molecule has 8 nitrogen and oxygen atoms in total. The lowest BCUT2D eigenvalue weighted by atomic mass is 10.1. The molecule has 0 saturated carbocycles. The summed E-state index contributed by atoms with van der Waals surface area (Å²) in [7, 11) is 0. The number of aryl methyl sites for hydroxylation is 1. The van der Waals surface area contributed by atoms with E-state index in [2.05, 4.69) is 24.3 Å². The Morgan fingerprint density at radius 3 is 2.54 bits per heavy atom. The SMILES string of the molecule is CCOC(=O)c1cnn(-c2cc(C)c3ccccc3n2)c1NC(=O)c1ccc(OCC(C)C)cc1. The van der Waals surface area contributed by atoms with Gasteiger partial charge in [-0.25, -0.2) is 9.78 Å².